The lowest BCUT2D eigenvalue weighted by Crippen LogP contribution is -2.35. The first-order valence-corrected chi connectivity index (χ1v) is 13.3. The lowest BCUT2D eigenvalue weighted by molar-refractivity contribution is -0.126. The van der Waals surface area contributed by atoms with E-state index in [1.807, 2.05) is 19.0 Å². The highest BCUT2D eigenvalue weighted by molar-refractivity contribution is 5.99. The van der Waals surface area contributed by atoms with Crippen LogP contribution < -0.4 is 26.0 Å². The van der Waals surface area contributed by atoms with E-state index in [0.29, 0.717) is 60.6 Å². The smallest absolute Gasteiger partial charge is 0.247 e. The van der Waals surface area contributed by atoms with Crippen molar-refractivity contribution < 1.29 is 18.7 Å². The summed E-state index contributed by atoms with van der Waals surface area (Å²) in [6.45, 7) is 2.73. The summed E-state index contributed by atoms with van der Waals surface area (Å²) in [6, 6.07) is 4.90. The zero-order valence-corrected chi connectivity index (χ0v) is 23.7. The Morgan fingerprint density at radius 2 is 2.08 bits per heavy atom. The van der Waals surface area contributed by atoms with E-state index in [1.54, 1.807) is 32.3 Å². The summed E-state index contributed by atoms with van der Waals surface area (Å²) in [6.07, 6.45) is 6.75. The molecule has 1 saturated carbocycles. The van der Waals surface area contributed by atoms with E-state index in [1.165, 1.54) is 19.2 Å². The lowest BCUT2D eigenvalue weighted by atomic mass is 9.98. The number of anilines is 3. The van der Waals surface area contributed by atoms with Gasteiger partial charge in [0.1, 0.15) is 5.82 Å². The first kappa shape index (κ1) is 30.4. The number of rotatable bonds is 13. The van der Waals surface area contributed by atoms with E-state index in [0.717, 1.165) is 12.8 Å². The molecule has 214 valence electrons. The standard InChI is InChI=1S/C29H38FN7O3/c1-19(23(28(39)31-2)14-16-37(3)4)27(38)32-15-8-6-7-9-20-18-33-29(36-26(20)34-21-10-11-21)35-22-12-13-25(40-5)24(30)17-22/h12-14,17-19,21H,6,8,10-11,15-16H2,1-5H3,(H,31,39)(H,32,38)(H2,33,34,35,36). The Kier molecular flexibility index (Phi) is 11.3. The van der Waals surface area contributed by atoms with Crippen LogP contribution in [-0.4, -0.2) is 74.1 Å². The van der Waals surface area contributed by atoms with E-state index in [2.05, 4.69) is 43.1 Å². The molecular formula is C29H38FN7O3. The number of nitrogens with one attached hydrogen (secondary N) is 4. The highest BCUT2D eigenvalue weighted by Gasteiger charge is 2.23. The van der Waals surface area contributed by atoms with E-state index in [4.69, 9.17) is 4.74 Å². The molecule has 1 aliphatic carbocycles. The van der Waals surface area contributed by atoms with Crippen LogP contribution in [0.2, 0.25) is 0 Å². The van der Waals surface area contributed by atoms with Crippen molar-refractivity contribution >= 4 is 29.3 Å². The van der Waals surface area contributed by atoms with Crippen molar-refractivity contribution in [2.24, 2.45) is 5.92 Å². The minimum atomic E-state index is -0.569. The maximum Gasteiger partial charge on any atom is 0.247 e. The largest absolute Gasteiger partial charge is 0.494 e. The number of likely N-dealkylation sites (N-methyl/N-ethyl adjacent to an activating group) is 2. The van der Waals surface area contributed by atoms with Crippen molar-refractivity contribution in [2.75, 3.05) is 52.0 Å². The molecule has 0 spiro atoms. The van der Waals surface area contributed by atoms with Crippen molar-refractivity contribution in [2.45, 2.75) is 38.6 Å². The molecule has 1 heterocycles. The van der Waals surface area contributed by atoms with Crippen LogP contribution in [0.1, 0.15) is 38.2 Å². The molecule has 10 nitrogen and oxygen atoms in total. The predicted octanol–water partition coefficient (Wildman–Crippen LogP) is 3.06. The Morgan fingerprint density at radius 1 is 1.30 bits per heavy atom. The van der Waals surface area contributed by atoms with E-state index >= 15 is 0 Å². The lowest BCUT2D eigenvalue weighted by Gasteiger charge is -2.16. The number of methoxy groups -OCH3 is 1. The van der Waals surface area contributed by atoms with Gasteiger partial charge in [-0.15, -0.1) is 0 Å². The molecule has 2 aromatic rings. The number of halogens is 1. The summed E-state index contributed by atoms with van der Waals surface area (Å²) >= 11 is 0. The van der Waals surface area contributed by atoms with Gasteiger partial charge in [0.15, 0.2) is 11.6 Å². The van der Waals surface area contributed by atoms with Gasteiger partial charge in [-0.2, -0.15) is 4.98 Å². The number of hydrogen-bond donors (Lipinski definition) is 4. The van der Waals surface area contributed by atoms with Gasteiger partial charge in [-0.3, -0.25) is 9.59 Å². The summed E-state index contributed by atoms with van der Waals surface area (Å²) in [7, 11) is 6.77. The fourth-order valence-corrected chi connectivity index (χ4v) is 3.67. The molecule has 1 aromatic heterocycles. The number of ether oxygens (including phenoxy) is 1. The number of aromatic nitrogens is 2. The Balaban J connectivity index is 1.56. The molecule has 40 heavy (non-hydrogen) atoms. The minimum Gasteiger partial charge on any atom is -0.494 e. The third kappa shape index (κ3) is 9.24. The molecule has 3 rings (SSSR count). The second kappa shape index (κ2) is 14.8. The number of nitrogens with zero attached hydrogens (tertiary/aromatic N) is 3. The van der Waals surface area contributed by atoms with Crippen LogP contribution >= 0.6 is 0 Å². The van der Waals surface area contributed by atoms with Crippen LogP contribution in [0.3, 0.4) is 0 Å². The molecule has 1 fully saturated rings. The molecule has 11 heteroatoms. The highest BCUT2D eigenvalue weighted by atomic mass is 19.1. The second-order valence-electron chi connectivity index (χ2n) is 9.77. The Hall–Kier alpha value is -4.17. The van der Waals surface area contributed by atoms with Gasteiger partial charge >= 0.3 is 0 Å². The molecule has 1 atom stereocenters. The fraction of sp³-hybridized carbons (Fsp3) is 0.448. The van der Waals surface area contributed by atoms with Crippen molar-refractivity contribution in [3.05, 3.63) is 47.4 Å². The molecule has 1 aromatic carbocycles. The summed E-state index contributed by atoms with van der Waals surface area (Å²) in [5, 5.41) is 11.9. The molecule has 1 unspecified atom stereocenters. The highest BCUT2D eigenvalue weighted by Crippen LogP contribution is 2.27. The molecular weight excluding hydrogens is 513 g/mol. The summed E-state index contributed by atoms with van der Waals surface area (Å²) in [5.41, 5.74) is 1.61. The molecule has 4 N–H and O–H groups in total. The Morgan fingerprint density at radius 3 is 2.73 bits per heavy atom. The van der Waals surface area contributed by atoms with Crippen LogP contribution in [0.4, 0.5) is 21.8 Å². The molecule has 0 aliphatic heterocycles. The van der Waals surface area contributed by atoms with E-state index in [-0.39, 0.29) is 17.6 Å². The van der Waals surface area contributed by atoms with Gasteiger partial charge in [0.2, 0.25) is 17.8 Å². The Bertz CT molecular complexity index is 1280. The monoisotopic (exact) mass is 551 g/mol. The topological polar surface area (TPSA) is 121 Å². The van der Waals surface area contributed by atoms with Crippen molar-refractivity contribution in [3.8, 4) is 17.6 Å². The van der Waals surface area contributed by atoms with Gasteiger partial charge < -0.3 is 30.9 Å². The average Bonchev–Trinajstić information content (AvgIpc) is 3.75. The van der Waals surface area contributed by atoms with Gasteiger partial charge in [-0.05, 0) is 52.4 Å². The summed E-state index contributed by atoms with van der Waals surface area (Å²) in [5.74, 6) is 5.84. The van der Waals surface area contributed by atoms with Crippen molar-refractivity contribution in [3.63, 3.8) is 0 Å². The zero-order chi connectivity index (χ0) is 29.1. The van der Waals surface area contributed by atoms with E-state index in [9.17, 15) is 14.0 Å². The normalized spacial score (nSPS) is 13.6. The molecule has 2 amide bonds. The second-order valence-corrected chi connectivity index (χ2v) is 9.77. The van der Waals surface area contributed by atoms with Gasteiger partial charge in [-0.1, -0.05) is 17.9 Å². The number of unbranched alkanes of at least 4 members (excludes halogenated alkanes) is 1. The average molecular weight is 552 g/mol. The van der Waals surface area contributed by atoms with Crippen LogP contribution in [0, 0.1) is 23.6 Å². The molecule has 0 saturated heterocycles. The number of amides is 2. The van der Waals surface area contributed by atoms with E-state index < -0.39 is 11.7 Å². The zero-order valence-electron chi connectivity index (χ0n) is 23.7. The minimum absolute atomic E-state index is 0.160. The maximum absolute atomic E-state index is 14.0. The molecule has 0 bridgehead atoms. The van der Waals surface area contributed by atoms with Crippen LogP contribution in [-0.2, 0) is 9.59 Å². The van der Waals surface area contributed by atoms with Crippen LogP contribution in [0.25, 0.3) is 0 Å². The van der Waals surface area contributed by atoms with Gasteiger partial charge in [0.25, 0.3) is 0 Å². The van der Waals surface area contributed by atoms with Crippen LogP contribution in [0.5, 0.6) is 5.75 Å². The molecule has 0 radical (unpaired) electrons. The third-order valence-corrected chi connectivity index (χ3v) is 6.14. The van der Waals surface area contributed by atoms with Gasteiger partial charge in [-0.25, -0.2) is 9.37 Å². The van der Waals surface area contributed by atoms with Crippen molar-refractivity contribution in [1.82, 2.24) is 25.5 Å². The fourth-order valence-electron chi connectivity index (χ4n) is 3.67. The quantitative estimate of drug-likeness (QED) is 0.170. The first-order valence-electron chi connectivity index (χ1n) is 13.3. The number of benzene rings is 1. The number of carbonyl (C=O) groups excluding carboxylic acids is 2. The van der Waals surface area contributed by atoms with Gasteiger partial charge in [0, 0.05) is 49.9 Å². The SMILES string of the molecule is CNC(=O)C(=CCN(C)C)C(C)C(=O)NCCCC#Cc1cnc(Nc2ccc(OC)c(F)c2)nc1NC1CC1. The van der Waals surface area contributed by atoms with Gasteiger partial charge in [0.05, 0.1) is 24.8 Å². The summed E-state index contributed by atoms with van der Waals surface area (Å²) < 4.78 is 19.0. The maximum atomic E-state index is 14.0. The van der Waals surface area contributed by atoms with Crippen LogP contribution in [0.15, 0.2) is 36.0 Å². The van der Waals surface area contributed by atoms with Crippen molar-refractivity contribution in [1.29, 1.82) is 0 Å². The Labute approximate surface area is 235 Å². The molecule has 1 aliphatic rings. The summed E-state index contributed by atoms with van der Waals surface area (Å²) in [4.78, 5) is 35.7. The first-order chi connectivity index (χ1) is 19.2. The third-order valence-electron chi connectivity index (χ3n) is 6.14. The number of hydrogen-bond acceptors (Lipinski definition) is 8. The number of carbonyl (C=O) groups is 2. The predicted molar refractivity (Wildman–Crippen MR) is 154 cm³/mol.